The number of rotatable bonds is 4. The predicted molar refractivity (Wildman–Crippen MR) is 91.1 cm³/mol. The van der Waals surface area contributed by atoms with Gasteiger partial charge in [-0.1, -0.05) is 12.1 Å². The molecule has 3 rings (SSSR count). The van der Waals surface area contributed by atoms with Gasteiger partial charge in [0.25, 0.3) is 5.91 Å². The first-order valence-corrected chi connectivity index (χ1v) is 8.71. The van der Waals surface area contributed by atoms with E-state index in [4.69, 9.17) is 4.74 Å². The summed E-state index contributed by atoms with van der Waals surface area (Å²) in [5.74, 6) is 0.932. The van der Waals surface area contributed by atoms with E-state index in [1.54, 1.807) is 6.07 Å². The average Bonchev–Trinajstić information content (AvgIpc) is 3.16. The zero-order chi connectivity index (χ0) is 16.9. The number of benzene rings is 1. The highest BCUT2D eigenvalue weighted by Crippen LogP contribution is 2.21. The Kier molecular flexibility index (Phi) is 5.35. The summed E-state index contributed by atoms with van der Waals surface area (Å²) >= 11 is 0. The first-order chi connectivity index (χ1) is 11.7. The number of hydrogen-bond donors (Lipinski definition) is 1. The third-order valence-corrected chi connectivity index (χ3v) is 4.71. The molecule has 2 aliphatic rings. The summed E-state index contributed by atoms with van der Waals surface area (Å²) < 4.78 is 5.56. The third kappa shape index (κ3) is 3.53. The van der Waals surface area contributed by atoms with Crippen molar-refractivity contribution < 1.29 is 14.3 Å². The molecule has 0 aromatic heterocycles. The van der Waals surface area contributed by atoms with Crippen LogP contribution in [0, 0.1) is 5.92 Å². The fraction of sp³-hybridized carbons (Fsp3) is 0.556. The summed E-state index contributed by atoms with van der Waals surface area (Å²) in [6.45, 7) is 6.50. The van der Waals surface area contributed by atoms with Crippen LogP contribution in [-0.2, 0) is 4.79 Å². The summed E-state index contributed by atoms with van der Waals surface area (Å²) in [6, 6.07) is 7.34. The number of carbonyl (C=O) groups excluding carboxylic acids is 2. The molecule has 1 aromatic carbocycles. The van der Waals surface area contributed by atoms with E-state index < -0.39 is 0 Å². The number of ether oxygens (including phenoxy) is 1. The maximum atomic E-state index is 12.8. The van der Waals surface area contributed by atoms with Crippen molar-refractivity contribution in [3.05, 3.63) is 29.8 Å². The van der Waals surface area contributed by atoms with Gasteiger partial charge in [-0.2, -0.15) is 0 Å². The van der Waals surface area contributed by atoms with Gasteiger partial charge < -0.3 is 19.9 Å². The van der Waals surface area contributed by atoms with Gasteiger partial charge in [-0.05, 0) is 32.0 Å². The Morgan fingerprint density at radius 1 is 1.17 bits per heavy atom. The molecule has 2 aliphatic heterocycles. The van der Waals surface area contributed by atoms with Crippen molar-refractivity contribution >= 4 is 11.8 Å². The maximum Gasteiger partial charge on any atom is 0.257 e. The Balaban J connectivity index is 1.60. The summed E-state index contributed by atoms with van der Waals surface area (Å²) in [5.41, 5.74) is 0.596. The van der Waals surface area contributed by atoms with Crippen LogP contribution < -0.4 is 10.1 Å². The molecule has 1 atom stereocenters. The largest absolute Gasteiger partial charge is 0.493 e. The lowest BCUT2D eigenvalue weighted by atomic mass is 10.1. The van der Waals surface area contributed by atoms with Gasteiger partial charge in [0.05, 0.1) is 18.1 Å². The molecule has 1 unspecified atom stereocenters. The van der Waals surface area contributed by atoms with Gasteiger partial charge in [-0.3, -0.25) is 9.59 Å². The number of hydrogen-bond acceptors (Lipinski definition) is 4. The van der Waals surface area contributed by atoms with Gasteiger partial charge in [0.1, 0.15) is 5.75 Å². The van der Waals surface area contributed by atoms with E-state index in [2.05, 4.69) is 5.32 Å². The quantitative estimate of drug-likeness (QED) is 0.893. The number of nitrogens with one attached hydrogen (secondary N) is 1. The molecule has 130 valence electrons. The Hall–Kier alpha value is -2.08. The molecule has 2 fully saturated rings. The van der Waals surface area contributed by atoms with Crippen molar-refractivity contribution in [1.82, 2.24) is 15.1 Å². The highest BCUT2D eigenvalue weighted by atomic mass is 16.5. The molecule has 0 radical (unpaired) electrons. The van der Waals surface area contributed by atoms with Crippen LogP contribution in [0.1, 0.15) is 23.7 Å². The van der Waals surface area contributed by atoms with Crippen LogP contribution in [0.4, 0.5) is 0 Å². The monoisotopic (exact) mass is 331 g/mol. The topological polar surface area (TPSA) is 61.9 Å². The third-order valence-electron chi connectivity index (χ3n) is 4.71. The number of amides is 2. The van der Waals surface area contributed by atoms with E-state index in [0.29, 0.717) is 44.1 Å². The molecule has 2 saturated heterocycles. The minimum Gasteiger partial charge on any atom is -0.493 e. The molecule has 2 amide bonds. The molecule has 2 heterocycles. The second kappa shape index (κ2) is 7.66. The SMILES string of the molecule is CCOc1ccccc1C(=O)N1CCN(C(=O)C2CCNC2)CC1. The van der Waals surface area contributed by atoms with Crippen molar-refractivity contribution in [1.29, 1.82) is 0 Å². The fourth-order valence-electron chi connectivity index (χ4n) is 3.35. The van der Waals surface area contributed by atoms with E-state index in [-0.39, 0.29) is 17.7 Å². The molecule has 0 saturated carbocycles. The molecule has 24 heavy (non-hydrogen) atoms. The molecular formula is C18H25N3O3. The second-order valence-electron chi connectivity index (χ2n) is 6.24. The van der Waals surface area contributed by atoms with Gasteiger partial charge in [0.2, 0.25) is 5.91 Å². The van der Waals surface area contributed by atoms with Crippen molar-refractivity contribution in [2.24, 2.45) is 5.92 Å². The summed E-state index contributed by atoms with van der Waals surface area (Å²) in [4.78, 5) is 28.9. The lowest BCUT2D eigenvalue weighted by Gasteiger charge is -2.36. The van der Waals surface area contributed by atoms with Crippen molar-refractivity contribution in [3.63, 3.8) is 0 Å². The highest BCUT2D eigenvalue weighted by molar-refractivity contribution is 5.97. The Bertz CT molecular complexity index is 591. The van der Waals surface area contributed by atoms with Gasteiger partial charge in [-0.25, -0.2) is 0 Å². The number of nitrogens with zero attached hydrogens (tertiary/aromatic N) is 2. The van der Waals surface area contributed by atoms with E-state index in [0.717, 1.165) is 19.5 Å². The molecule has 6 nitrogen and oxygen atoms in total. The van der Waals surface area contributed by atoms with Crippen LogP contribution in [0.5, 0.6) is 5.75 Å². The summed E-state index contributed by atoms with van der Waals surface area (Å²) in [7, 11) is 0. The maximum absolute atomic E-state index is 12.8. The van der Waals surface area contributed by atoms with Crippen molar-refractivity contribution in [2.75, 3.05) is 45.9 Å². The number of piperazine rings is 1. The highest BCUT2D eigenvalue weighted by Gasteiger charge is 2.31. The first-order valence-electron chi connectivity index (χ1n) is 8.71. The molecule has 1 N–H and O–H groups in total. The van der Waals surface area contributed by atoms with E-state index in [1.165, 1.54) is 0 Å². The first kappa shape index (κ1) is 16.8. The molecule has 0 aliphatic carbocycles. The van der Waals surface area contributed by atoms with Crippen LogP contribution >= 0.6 is 0 Å². The van der Waals surface area contributed by atoms with E-state index >= 15 is 0 Å². The zero-order valence-corrected chi connectivity index (χ0v) is 14.2. The van der Waals surface area contributed by atoms with Crippen LogP contribution in [-0.4, -0.2) is 67.5 Å². The average molecular weight is 331 g/mol. The van der Waals surface area contributed by atoms with Gasteiger partial charge >= 0.3 is 0 Å². The molecule has 0 spiro atoms. The van der Waals surface area contributed by atoms with Gasteiger partial charge in [0.15, 0.2) is 0 Å². The Morgan fingerprint density at radius 3 is 2.54 bits per heavy atom. The molecule has 6 heteroatoms. The smallest absolute Gasteiger partial charge is 0.257 e. The second-order valence-corrected chi connectivity index (χ2v) is 6.24. The standard InChI is InChI=1S/C18H25N3O3/c1-2-24-16-6-4-3-5-15(16)18(23)21-11-9-20(10-12-21)17(22)14-7-8-19-13-14/h3-6,14,19H,2,7-13H2,1H3. The zero-order valence-electron chi connectivity index (χ0n) is 14.2. The normalized spacial score (nSPS) is 21.0. The van der Waals surface area contributed by atoms with Crippen LogP contribution in [0.3, 0.4) is 0 Å². The van der Waals surface area contributed by atoms with Crippen LogP contribution in [0.25, 0.3) is 0 Å². The van der Waals surface area contributed by atoms with Crippen LogP contribution in [0.15, 0.2) is 24.3 Å². The van der Waals surface area contributed by atoms with Crippen LogP contribution in [0.2, 0.25) is 0 Å². The predicted octanol–water partition coefficient (Wildman–Crippen LogP) is 0.979. The minimum absolute atomic E-state index is 0.0197. The van der Waals surface area contributed by atoms with E-state index in [1.807, 2.05) is 34.9 Å². The number of carbonyl (C=O) groups is 2. The summed E-state index contributed by atoms with van der Waals surface area (Å²) in [5, 5.41) is 3.23. The molecule has 0 bridgehead atoms. The Labute approximate surface area is 142 Å². The van der Waals surface area contributed by atoms with Crippen molar-refractivity contribution in [2.45, 2.75) is 13.3 Å². The lowest BCUT2D eigenvalue weighted by Crippen LogP contribution is -2.52. The fourth-order valence-corrected chi connectivity index (χ4v) is 3.35. The molecular weight excluding hydrogens is 306 g/mol. The van der Waals surface area contributed by atoms with Gasteiger partial charge in [-0.15, -0.1) is 0 Å². The van der Waals surface area contributed by atoms with Crippen molar-refractivity contribution in [3.8, 4) is 5.75 Å². The van der Waals surface area contributed by atoms with E-state index in [9.17, 15) is 9.59 Å². The Morgan fingerprint density at radius 2 is 1.88 bits per heavy atom. The number of para-hydroxylation sites is 1. The lowest BCUT2D eigenvalue weighted by molar-refractivity contribution is -0.136. The minimum atomic E-state index is -0.0197. The molecule has 1 aromatic rings. The summed E-state index contributed by atoms with van der Waals surface area (Å²) in [6.07, 6.45) is 0.916. The van der Waals surface area contributed by atoms with Gasteiger partial charge in [0, 0.05) is 32.7 Å².